The maximum atomic E-state index is 13.2. The Morgan fingerprint density at radius 1 is 1.04 bits per heavy atom. The molecule has 2 aliphatic rings. The second kappa shape index (κ2) is 6.69. The third kappa shape index (κ3) is 3.42. The largest absolute Gasteiger partial charge is 0.325 e. The van der Waals surface area contributed by atoms with E-state index < -0.39 is 15.9 Å². The summed E-state index contributed by atoms with van der Waals surface area (Å²) in [5, 5.41) is 1.16. The molecule has 27 heavy (non-hydrogen) atoms. The molecule has 2 aromatic carbocycles. The van der Waals surface area contributed by atoms with Crippen LogP contribution in [0, 0.1) is 6.92 Å². The van der Waals surface area contributed by atoms with Gasteiger partial charge in [-0.25, -0.2) is 13.2 Å². The summed E-state index contributed by atoms with van der Waals surface area (Å²) in [5.41, 5.74) is 2.43. The van der Waals surface area contributed by atoms with Gasteiger partial charge in [-0.2, -0.15) is 0 Å². The number of nitrogens with zero attached hydrogens (tertiary/aromatic N) is 2. The van der Waals surface area contributed by atoms with Crippen molar-refractivity contribution < 1.29 is 13.2 Å². The van der Waals surface area contributed by atoms with E-state index in [2.05, 4.69) is 0 Å². The molecule has 5 nitrogen and oxygen atoms in total. The van der Waals surface area contributed by atoms with Gasteiger partial charge < -0.3 is 4.90 Å². The van der Waals surface area contributed by atoms with Crippen molar-refractivity contribution in [2.45, 2.75) is 25.6 Å². The molecule has 0 spiro atoms. The number of sulfone groups is 1. The maximum absolute atomic E-state index is 13.2. The van der Waals surface area contributed by atoms with Gasteiger partial charge in [-0.1, -0.05) is 41.4 Å². The second-order valence-electron chi connectivity index (χ2n) is 7.05. The number of anilines is 1. The van der Waals surface area contributed by atoms with Crippen LogP contribution in [0.15, 0.2) is 42.5 Å². The Hall–Kier alpha value is -1.76. The summed E-state index contributed by atoms with van der Waals surface area (Å²) in [6.45, 7) is 2.22. The third-order valence-electron chi connectivity index (χ3n) is 5.18. The van der Waals surface area contributed by atoms with Gasteiger partial charge in [-0.3, -0.25) is 4.90 Å². The highest BCUT2D eigenvalue weighted by Gasteiger charge is 2.53. The topological polar surface area (TPSA) is 57.7 Å². The summed E-state index contributed by atoms with van der Waals surface area (Å²) in [6.07, 6.45) is 0. The van der Waals surface area contributed by atoms with Crippen molar-refractivity contribution in [3.05, 3.63) is 63.6 Å². The molecule has 2 saturated heterocycles. The first-order chi connectivity index (χ1) is 12.7. The molecule has 2 fully saturated rings. The smallest absolute Gasteiger partial charge is 0.314 e. The van der Waals surface area contributed by atoms with Crippen molar-refractivity contribution in [2.24, 2.45) is 0 Å². The van der Waals surface area contributed by atoms with Gasteiger partial charge in [-0.05, 0) is 42.3 Å². The normalized spacial score (nSPS) is 23.7. The predicted octanol–water partition coefficient (Wildman–Crippen LogP) is 3.91. The highest BCUT2D eigenvalue weighted by Crippen LogP contribution is 2.37. The molecule has 0 bridgehead atoms. The van der Waals surface area contributed by atoms with Crippen molar-refractivity contribution in [3.8, 4) is 0 Å². The van der Waals surface area contributed by atoms with Gasteiger partial charge in [0.15, 0.2) is 9.84 Å². The van der Waals surface area contributed by atoms with Crippen LogP contribution in [0.25, 0.3) is 0 Å². The summed E-state index contributed by atoms with van der Waals surface area (Å²) in [4.78, 5) is 16.4. The number of fused-ring (bicyclic) bond motifs is 1. The number of urea groups is 1. The zero-order chi connectivity index (χ0) is 19.3. The van der Waals surface area contributed by atoms with E-state index in [0.717, 1.165) is 11.1 Å². The fourth-order valence-corrected chi connectivity index (χ4v) is 6.03. The minimum Gasteiger partial charge on any atom is -0.314 e. The van der Waals surface area contributed by atoms with E-state index in [1.54, 1.807) is 28.0 Å². The van der Waals surface area contributed by atoms with Gasteiger partial charge in [0.1, 0.15) is 0 Å². The Morgan fingerprint density at radius 2 is 1.70 bits per heavy atom. The minimum atomic E-state index is -3.21. The van der Waals surface area contributed by atoms with Crippen LogP contribution in [0.5, 0.6) is 0 Å². The molecule has 0 unspecified atom stereocenters. The van der Waals surface area contributed by atoms with Crippen LogP contribution in [-0.4, -0.2) is 42.9 Å². The quantitative estimate of drug-likeness (QED) is 0.701. The lowest BCUT2D eigenvalue weighted by molar-refractivity contribution is 0.206. The fourth-order valence-electron chi connectivity index (χ4n) is 3.78. The van der Waals surface area contributed by atoms with Crippen molar-refractivity contribution >= 4 is 44.8 Å². The van der Waals surface area contributed by atoms with Crippen molar-refractivity contribution in [1.29, 1.82) is 0 Å². The monoisotopic (exact) mass is 424 g/mol. The summed E-state index contributed by atoms with van der Waals surface area (Å²) in [5.74, 6) is -0.0564. The van der Waals surface area contributed by atoms with Gasteiger partial charge in [0.25, 0.3) is 0 Å². The molecular weight excluding hydrogens is 407 g/mol. The van der Waals surface area contributed by atoms with Gasteiger partial charge in [0, 0.05) is 22.3 Å². The number of hydrogen-bond acceptors (Lipinski definition) is 3. The Kier molecular flexibility index (Phi) is 4.61. The van der Waals surface area contributed by atoms with Crippen LogP contribution < -0.4 is 4.90 Å². The van der Waals surface area contributed by atoms with Crippen LogP contribution in [-0.2, 0) is 16.4 Å². The average molecular weight is 425 g/mol. The summed E-state index contributed by atoms with van der Waals surface area (Å²) in [6, 6.07) is 11.6. The fraction of sp³-hybridized carbons (Fsp3) is 0.316. The second-order valence-corrected chi connectivity index (χ2v) is 10.0. The summed E-state index contributed by atoms with van der Waals surface area (Å²) < 4.78 is 24.6. The van der Waals surface area contributed by atoms with Gasteiger partial charge >= 0.3 is 6.03 Å². The Morgan fingerprint density at radius 3 is 2.37 bits per heavy atom. The number of amides is 2. The molecular formula is C19H18Cl2N2O3S. The van der Waals surface area contributed by atoms with Crippen molar-refractivity contribution in [2.75, 3.05) is 16.4 Å². The first-order valence-electron chi connectivity index (χ1n) is 8.56. The number of hydrogen-bond donors (Lipinski definition) is 0. The van der Waals surface area contributed by atoms with Gasteiger partial charge in [0.05, 0.1) is 23.6 Å². The van der Waals surface area contributed by atoms with E-state index in [1.165, 1.54) is 0 Å². The Balaban J connectivity index is 1.71. The van der Waals surface area contributed by atoms with E-state index in [0.29, 0.717) is 22.3 Å². The number of benzene rings is 2. The molecule has 0 saturated carbocycles. The minimum absolute atomic E-state index is 0.0207. The maximum Gasteiger partial charge on any atom is 0.325 e. The van der Waals surface area contributed by atoms with Crippen LogP contribution >= 0.6 is 23.2 Å². The number of carbonyl (C=O) groups is 1. The van der Waals surface area contributed by atoms with Crippen LogP contribution in [0.2, 0.25) is 10.0 Å². The zero-order valence-electron chi connectivity index (χ0n) is 14.6. The van der Waals surface area contributed by atoms with Gasteiger partial charge in [0.2, 0.25) is 0 Å². The molecule has 0 radical (unpaired) electrons. The Labute approximate surface area is 168 Å². The molecule has 2 heterocycles. The first-order valence-corrected chi connectivity index (χ1v) is 11.1. The SMILES string of the molecule is Cc1ccc(N2C(=O)N(Cc3ccc(Cl)cc3)[C@H]3CS(=O)(=O)C[C@@H]32)cc1Cl. The van der Waals surface area contributed by atoms with E-state index >= 15 is 0 Å². The molecule has 0 aromatic heterocycles. The van der Waals surface area contributed by atoms with E-state index in [-0.39, 0.29) is 23.6 Å². The lowest BCUT2D eigenvalue weighted by Crippen LogP contribution is -2.37. The molecule has 2 atom stereocenters. The average Bonchev–Trinajstić information content (AvgIpc) is 3.03. The highest BCUT2D eigenvalue weighted by atomic mass is 35.5. The van der Waals surface area contributed by atoms with E-state index in [4.69, 9.17) is 23.2 Å². The number of halogens is 2. The predicted molar refractivity (Wildman–Crippen MR) is 107 cm³/mol. The molecule has 0 aliphatic carbocycles. The van der Waals surface area contributed by atoms with Gasteiger partial charge in [-0.15, -0.1) is 0 Å². The van der Waals surface area contributed by atoms with Crippen molar-refractivity contribution in [1.82, 2.24) is 4.90 Å². The molecule has 2 aromatic rings. The molecule has 8 heteroatoms. The number of rotatable bonds is 3. The molecule has 142 valence electrons. The highest BCUT2D eigenvalue weighted by molar-refractivity contribution is 7.91. The number of carbonyl (C=O) groups excluding carboxylic acids is 1. The lowest BCUT2D eigenvalue weighted by Gasteiger charge is -2.23. The molecule has 4 rings (SSSR count). The lowest BCUT2D eigenvalue weighted by atomic mass is 10.1. The van der Waals surface area contributed by atoms with Crippen LogP contribution in [0.3, 0.4) is 0 Å². The first kappa shape index (κ1) is 18.6. The van der Waals surface area contributed by atoms with Crippen LogP contribution in [0.4, 0.5) is 10.5 Å². The summed E-state index contributed by atoms with van der Waals surface area (Å²) >= 11 is 12.2. The standard InChI is InChI=1S/C19H18Cl2N2O3S/c1-12-2-7-15(8-16(12)21)23-18-11-27(25,26)10-17(18)22(19(23)24)9-13-3-5-14(20)6-4-13/h2-8,17-18H,9-11H2,1H3/t17-,18-/m0/s1. The molecule has 0 N–H and O–H groups in total. The van der Waals surface area contributed by atoms with Crippen molar-refractivity contribution in [3.63, 3.8) is 0 Å². The van der Waals surface area contributed by atoms with Crippen LogP contribution in [0.1, 0.15) is 11.1 Å². The van der Waals surface area contributed by atoms with E-state index in [9.17, 15) is 13.2 Å². The third-order valence-corrected chi connectivity index (χ3v) is 7.54. The Bertz CT molecular complexity index is 1010. The molecule has 2 amide bonds. The molecule has 2 aliphatic heterocycles. The number of aryl methyl sites for hydroxylation is 1. The van der Waals surface area contributed by atoms with E-state index in [1.807, 2.05) is 31.2 Å². The summed E-state index contributed by atoms with van der Waals surface area (Å²) in [7, 11) is -3.21. The zero-order valence-corrected chi connectivity index (χ0v) is 16.9.